The minimum Gasteiger partial charge on any atom is -0.363 e. The molecule has 6 heteroatoms. The SMILES string of the molecule is CC#CC(=O)N1CCCC(c2nc(CN(C)C)cc(N(C)C)n2)C1. The van der Waals surface area contributed by atoms with Crippen molar-refractivity contribution in [1.29, 1.82) is 0 Å². The van der Waals surface area contributed by atoms with Crippen molar-refractivity contribution in [3.05, 3.63) is 17.6 Å². The number of likely N-dealkylation sites (tertiary alicyclic amines) is 1. The van der Waals surface area contributed by atoms with E-state index in [1.165, 1.54) is 0 Å². The van der Waals surface area contributed by atoms with Crippen LogP contribution in [0.4, 0.5) is 5.82 Å². The van der Waals surface area contributed by atoms with Gasteiger partial charge < -0.3 is 14.7 Å². The van der Waals surface area contributed by atoms with Gasteiger partial charge in [-0.3, -0.25) is 4.79 Å². The van der Waals surface area contributed by atoms with Crippen molar-refractivity contribution in [3.63, 3.8) is 0 Å². The first-order valence-corrected chi connectivity index (χ1v) is 8.32. The summed E-state index contributed by atoms with van der Waals surface area (Å²) in [5, 5.41) is 0. The highest BCUT2D eigenvalue weighted by molar-refractivity contribution is 5.93. The Morgan fingerprint density at radius 2 is 2.08 bits per heavy atom. The molecule has 2 rings (SSSR count). The zero-order valence-electron chi connectivity index (χ0n) is 15.3. The zero-order chi connectivity index (χ0) is 17.7. The Morgan fingerprint density at radius 3 is 2.71 bits per heavy atom. The summed E-state index contributed by atoms with van der Waals surface area (Å²) < 4.78 is 0. The molecule has 1 aromatic heterocycles. The highest BCUT2D eigenvalue weighted by atomic mass is 16.2. The van der Waals surface area contributed by atoms with Gasteiger partial charge >= 0.3 is 0 Å². The summed E-state index contributed by atoms with van der Waals surface area (Å²) in [7, 11) is 8.03. The molecule has 0 aromatic carbocycles. The summed E-state index contributed by atoms with van der Waals surface area (Å²) in [6, 6.07) is 2.03. The Morgan fingerprint density at radius 1 is 1.33 bits per heavy atom. The van der Waals surface area contributed by atoms with Gasteiger partial charge in [-0.2, -0.15) is 0 Å². The molecule has 1 atom stereocenters. The molecule has 1 unspecified atom stereocenters. The molecular formula is C18H27N5O. The first kappa shape index (κ1) is 18.2. The molecule has 1 aliphatic heterocycles. The molecule has 1 fully saturated rings. The predicted octanol–water partition coefficient (Wildman–Crippen LogP) is 1.33. The average molecular weight is 329 g/mol. The number of aromatic nitrogens is 2. The largest absolute Gasteiger partial charge is 0.363 e. The van der Waals surface area contributed by atoms with Crippen LogP contribution in [0.15, 0.2) is 6.07 Å². The molecule has 6 nitrogen and oxygen atoms in total. The summed E-state index contributed by atoms with van der Waals surface area (Å²) in [4.78, 5) is 27.5. The molecule has 1 saturated heterocycles. The Hall–Kier alpha value is -2.13. The molecule has 24 heavy (non-hydrogen) atoms. The van der Waals surface area contributed by atoms with Gasteiger partial charge in [0.1, 0.15) is 11.6 Å². The predicted molar refractivity (Wildman–Crippen MR) is 95.8 cm³/mol. The Labute approximate surface area is 144 Å². The van der Waals surface area contributed by atoms with Crippen LogP contribution in [0.2, 0.25) is 0 Å². The first-order valence-electron chi connectivity index (χ1n) is 8.32. The van der Waals surface area contributed by atoms with Crippen molar-refractivity contribution in [1.82, 2.24) is 19.8 Å². The Kier molecular flexibility index (Phi) is 6.16. The number of hydrogen-bond acceptors (Lipinski definition) is 5. The number of rotatable bonds is 4. The number of nitrogens with zero attached hydrogens (tertiary/aromatic N) is 5. The van der Waals surface area contributed by atoms with Crippen LogP contribution in [0.25, 0.3) is 0 Å². The van der Waals surface area contributed by atoms with Gasteiger partial charge in [-0.05, 0) is 39.8 Å². The lowest BCUT2D eigenvalue weighted by Gasteiger charge is -2.31. The maximum atomic E-state index is 12.1. The number of carbonyl (C=O) groups excluding carboxylic acids is 1. The van der Waals surface area contributed by atoms with E-state index < -0.39 is 0 Å². The number of amides is 1. The standard InChI is InChI=1S/C18H27N5O/c1-6-8-17(24)23-10-7-9-14(12-23)18-19-15(13-21(2)3)11-16(20-18)22(4)5/h11,14H,7,9-10,12-13H2,1-5H3. The van der Waals surface area contributed by atoms with Crippen LogP contribution in [-0.4, -0.2) is 67.0 Å². The molecule has 0 spiro atoms. The highest BCUT2D eigenvalue weighted by Gasteiger charge is 2.26. The van der Waals surface area contributed by atoms with E-state index in [9.17, 15) is 4.79 Å². The number of anilines is 1. The van der Waals surface area contributed by atoms with E-state index in [-0.39, 0.29) is 11.8 Å². The smallest absolute Gasteiger partial charge is 0.298 e. The lowest BCUT2D eigenvalue weighted by Crippen LogP contribution is -2.39. The lowest BCUT2D eigenvalue weighted by atomic mass is 9.97. The molecule has 0 radical (unpaired) electrons. The van der Waals surface area contributed by atoms with E-state index in [0.29, 0.717) is 6.54 Å². The summed E-state index contributed by atoms with van der Waals surface area (Å²) in [6.45, 7) is 3.87. The maximum Gasteiger partial charge on any atom is 0.298 e. The van der Waals surface area contributed by atoms with Crippen molar-refractivity contribution in [3.8, 4) is 11.8 Å². The monoisotopic (exact) mass is 329 g/mol. The minimum absolute atomic E-state index is 0.0977. The summed E-state index contributed by atoms with van der Waals surface area (Å²) in [5.41, 5.74) is 1.01. The van der Waals surface area contributed by atoms with Crippen LogP contribution in [0.3, 0.4) is 0 Å². The number of carbonyl (C=O) groups is 1. The number of hydrogen-bond donors (Lipinski definition) is 0. The van der Waals surface area contributed by atoms with Crippen molar-refractivity contribution < 1.29 is 4.79 Å². The fourth-order valence-electron chi connectivity index (χ4n) is 2.88. The molecule has 0 saturated carbocycles. The molecule has 0 aliphatic carbocycles. The van der Waals surface area contributed by atoms with E-state index in [4.69, 9.17) is 9.97 Å². The highest BCUT2D eigenvalue weighted by Crippen LogP contribution is 2.26. The second kappa shape index (κ2) is 8.11. The summed E-state index contributed by atoms with van der Waals surface area (Å²) in [6.07, 6.45) is 1.96. The second-order valence-corrected chi connectivity index (χ2v) is 6.67. The van der Waals surface area contributed by atoms with Crippen molar-refractivity contribution in [2.24, 2.45) is 0 Å². The van der Waals surface area contributed by atoms with Gasteiger partial charge in [-0.25, -0.2) is 9.97 Å². The third-order valence-corrected chi connectivity index (χ3v) is 4.03. The average Bonchev–Trinajstić information content (AvgIpc) is 2.54. The second-order valence-electron chi connectivity index (χ2n) is 6.67. The van der Waals surface area contributed by atoms with Gasteiger partial charge in [0, 0.05) is 45.7 Å². The van der Waals surface area contributed by atoms with E-state index in [2.05, 4.69) is 16.7 Å². The van der Waals surface area contributed by atoms with Gasteiger partial charge in [0.05, 0.1) is 5.69 Å². The van der Waals surface area contributed by atoms with Gasteiger partial charge in [0.15, 0.2) is 0 Å². The van der Waals surface area contributed by atoms with E-state index in [1.54, 1.807) is 6.92 Å². The lowest BCUT2D eigenvalue weighted by molar-refractivity contribution is -0.126. The fraction of sp³-hybridized carbons (Fsp3) is 0.611. The molecule has 0 N–H and O–H groups in total. The quantitative estimate of drug-likeness (QED) is 0.780. The summed E-state index contributed by atoms with van der Waals surface area (Å²) in [5.74, 6) is 7.14. The van der Waals surface area contributed by atoms with Crippen molar-refractivity contribution in [2.75, 3.05) is 46.2 Å². The molecule has 0 bridgehead atoms. The van der Waals surface area contributed by atoms with Gasteiger partial charge in [0.25, 0.3) is 5.91 Å². The Balaban J connectivity index is 2.26. The van der Waals surface area contributed by atoms with Gasteiger partial charge in [0.2, 0.25) is 0 Å². The third-order valence-electron chi connectivity index (χ3n) is 4.03. The topological polar surface area (TPSA) is 52.6 Å². The third kappa shape index (κ3) is 4.68. The number of piperidine rings is 1. The van der Waals surface area contributed by atoms with Gasteiger partial charge in [-0.1, -0.05) is 5.92 Å². The van der Waals surface area contributed by atoms with Crippen LogP contribution >= 0.6 is 0 Å². The zero-order valence-corrected chi connectivity index (χ0v) is 15.3. The van der Waals surface area contributed by atoms with Crippen LogP contribution in [0.5, 0.6) is 0 Å². The van der Waals surface area contributed by atoms with Crippen molar-refractivity contribution in [2.45, 2.75) is 32.2 Å². The molecule has 2 heterocycles. The van der Waals surface area contributed by atoms with E-state index >= 15 is 0 Å². The molecular weight excluding hydrogens is 302 g/mol. The molecule has 130 valence electrons. The molecule has 1 aromatic rings. The van der Waals surface area contributed by atoms with E-state index in [0.717, 1.165) is 43.3 Å². The molecule has 1 aliphatic rings. The van der Waals surface area contributed by atoms with Crippen LogP contribution < -0.4 is 4.90 Å². The Bertz CT molecular complexity index is 645. The van der Waals surface area contributed by atoms with Gasteiger partial charge in [-0.15, -0.1) is 0 Å². The van der Waals surface area contributed by atoms with Crippen LogP contribution in [0.1, 0.15) is 37.2 Å². The van der Waals surface area contributed by atoms with Crippen molar-refractivity contribution >= 4 is 11.7 Å². The van der Waals surface area contributed by atoms with Crippen LogP contribution in [0, 0.1) is 11.8 Å². The first-order chi connectivity index (χ1) is 11.4. The summed E-state index contributed by atoms with van der Waals surface area (Å²) >= 11 is 0. The van der Waals surface area contributed by atoms with Crippen LogP contribution in [-0.2, 0) is 11.3 Å². The fourth-order valence-corrected chi connectivity index (χ4v) is 2.88. The minimum atomic E-state index is -0.0977. The maximum absolute atomic E-state index is 12.1. The normalized spacial score (nSPS) is 17.4. The van der Waals surface area contributed by atoms with E-state index in [1.807, 2.05) is 44.1 Å². The molecule has 1 amide bonds.